The number of ether oxygens (including phenoxy) is 9. The van der Waals surface area contributed by atoms with Gasteiger partial charge in [-0.1, -0.05) is 0 Å². The van der Waals surface area contributed by atoms with Gasteiger partial charge in [-0.15, -0.1) is 0 Å². The molecule has 17 unspecified atom stereocenters. The fourth-order valence-corrected chi connectivity index (χ4v) is 20.7. The minimum Gasteiger partial charge on any atom is -0.381 e. The molecular formula is C60H104O9. The standard InChI is InChI=1S/2C17H30O3.C13H22O2.C13H22O/c1-4-20-17(19-3)10-16(18-2)13-8-14-11-5-6-12(7-11)15(14)9-13;1-4-20-16(19-3)10-15(18-2)14-8-7-13-11-5-6-12(9-11)17(13)14;1-14-13(15-2)10-6-11-8-3-4-9(5-8)12(11)7-10;1-8(14-2)11-5-6-12-9-3-4-10(7-9)13(11)12/h2*11-17H,4-10H2,1-3H3;8-13H,3-7H2,1-2H3;8-13H,3-7H2,1-2H3/t11?,12?,13?,14-,15+,16?,17?;11?,12?,13-,14?,15?,16?,17+;8?,9?,10?,11-,12+;8?,9?,10?,11?,12-,13-/m.0.0/s1. The van der Waals surface area contributed by atoms with E-state index in [0.717, 1.165) is 125 Å². The van der Waals surface area contributed by atoms with Gasteiger partial charge in [-0.2, -0.15) is 0 Å². The average molecular weight is 969 g/mol. The first-order chi connectivity index (χ1) is 33.7. The van der Waals surface area contributed by atoms with Crippen LogP contribution >= 0.6 is 0 Å². The molecule has 0 radical (unpaired) electrons. The molecule has 25 atom stereocenters. The molecule has 9 nitrogen and oxygen atoms in total. The SMILES string of the molecule is CCOC(CC(OC)C1CC[C@H]2C3CCC(C3)[C@@H]12)OC.CCOC(CC(OC)C1C[C@@H]2C3CCC(C3)[C@@H]2C1)OC.COC(C)C1CC[C@H]2C3CCC(C3)[C@@H]12.COC(OC)C1C[C@@H]2C3CCC(C3)[C@@H]2C1. The Morgan fingerprint density at radius 3 is 1.13 bits per heavy atom. The van der Waals surface area contributed by atoms with Crippen LogP contribution in [0.1, 0.15) is 162 Å². The highest BCUT2D eigenvalue weighted by Gasteiger charge is 2.57. The first-order valence-corrected chi connectivity index (χ1v) is 29.6. The van der Waals surface area contributed by atoms with E-state index < -0.39 is 0 Å². The van der Waals surface area contributed by atoms with Gasteiger partial charge in [0.25, 0.3) is 0 Å². The maximum Gasteiger partial charge on any atom is 0.159 e. The summed E-state index contributed by atoms with van der Waals surface area (Å²) in [5.41, 5.74) is 0. The third kappa shape index (κ3) is 11.2. The molecule has 8 bridgehead atoms. The molecule has 0 saturated heterocycles. The van der Waals surface area contributed by atoms with Gasteiger partial charge in [0.1, 0.15) is 0 Å². The highest BCUT2D eigenvalue weighted by molar-refractivity contribution is 5.06. The van der Waals surface area contributed by atoms with Crippen LogP contribution in [-0.2, 0) is 42.6 Å². The Morgan fingerprint density at radius 1 is 0.348 bits per heavy atom. The van der Waals surface area contributed by atoms with Gasteiger partial charge >= 0.3 is 0 Å². The van der Waals surface area contributed by atoms with Crippen LogP contribution in [0.4, 0.5) is 0 Å². The third-order valence-electron chi connectivity index (χ3n) is 23.3. The molecule has 12 aliphatic rings. The normalized spacial score (nSPS) is 45.3. The van der Waals surface area contributed by atoms with Crippen molar-refractivity contribution in [3.63, 3.8) is 0 Å². The van der Waals surface area contributed by atoms with Crippen LogP contribution in [0.2, 0.25) is 0 Å². The molecule has 0 aliphatic heterocycles. The van der Waals surface area contributed by atoms with E-state index >= 15 is 0 Å². The molecule has 0 aromatic carbocycles. The van der Waals surface area contributed by atoms with E-state index in [-0.39, 0.29) is 18.9 Å². The van der Waals surface area contributed by atoms with Crippen molar-refractivity contribution >= 4 is 0 Å². The molecule has 9 heteroatoms. The fraction of sp³-hybridized carbons (Fsp3) is 1.00. The Kier molecular flexibility index (Phi) is 19.0. The average Bonchev–Trinajstić information content (AvgIpc) is 4.21. The number of hydrogen-bond acceptors (Lipinski definition) is 9. The lowest BCUT2D eigenvalue weighted by atomic mass is 9.76. The van der Waals surface area contributed by atoms with Crippen molar-refractivity contribution in [3.05, 3.63) is 0 Å². The van der Waals surface area contributed by atoms with Gasteiger partial charge in [0.15, 0.2) is 18.9 Å². The van der Waals surface area contributed by atoms with E-state index in [1.165, 1.54) is 116 Å². The number of methoxy groups -OCH3 is 7. The second-order valence-electron chi connectivity index (χ2n) is 25.5. The molecule has 0 amide bonds. The summed E-state index contributed by atoms with van der Waals surface area (Å²) < 4.78 is 50.2. The summed E-state index contributed by atoms with van der Waals surface area (Å²) in [5, 5.41) is 0. The van der Waals surface area contributed by atoms with E-state index in [1.807, 2.05) is 35.2 Å². The van der Waals surface area contributed by atoms with Crippen molar-refractivity contribution in [2.75, 3.05) is 63.0 Å². The molecule has 0 N–H and O–H groups in total. The summed E-state index contributed by atoms with van der Waals surface area (Å²) in [7, 11) is 12.6. The molecule has 398 valence electrons. The third-order valence-corrected chi connectivity index (χ3v) is 23.3. The number of fused-ring (bicyclic) bond motifs is 20. The van der Waals surface area contributed by atoms with E-state index in [9.17, 15) is 0 Å². The molecule has 0 heterocycles. The Hall–Kier alpha value is -0.360. The van der Waals surface area contributed by atoms with Crippen molar-refractivity contribution in [1.29, 1.82) is 0 Å². The van der Waals surface area contributed by atoms with Crippen LogP contribution in [0.15, 0.2) is 0 Å². The number of rotatable bonds is 19. The van der Waals surface area contributed by atoms with Gasteiger partial charge in [-0.3, -0.25) is 0 Å². The maximum absolute atomic E-state index is 5.87. The van der Waals surface area contributed by atoms with Crippen LogP contribution < -0.4 is 0 Å². The van der Waals surface area contributed by atoms with Crippen molar-refractivity contribution in [1.82, 2.24) is 0 Å². The van der Waals surface area contributed by atoms with Gasteiger partial charge < -0.3 is 42.6 Å². The minimum atomic E-state index is -0.109. The van der Waals surface area contributed by atoms with E-state index in [2.05, 4.69) is 6.92 Å². The molecule has 12 fully saturated rings. The molecule has 12 rings (SSSR count). The van der Waals surface area contributed by atoms with Crippen LogP contribution in [0.5, 0.6) is 0 Å². The second-order valence-corrected chi connectivity index (χ2v) is 25.5. The fourth-order valence-electron chi connectivity index (χ4n) is 20.7. The number of hydrogen-bond donors (Lipinski definition) is 0. The Labute approximate surface area is 421 Å². The Morgan fingerprint density at radius 2 is 0.725 bits per heavy atom. The highest BCUT2D eigenvalue weighted by Crippen LogP contribution is 2.64. The monoisotopic (exact) mass is 969 g/mol. The van der Waals surface area contributed by atoms with Crippen molar-refractivity contribution in [3.8, 4) is 0 Å². The largest absolute Gasteiger partial charge is 0.381 e. The predicted molar refractivity (Wildman–Crippen MR) is 272 cm³/mol. The molecular weight excluding hydrogens is 865 g/mol. The van der Waals surface area contributed by atoms with Crippen LogP contribution in [-0.4, -0.2) is 100 Å². The minimum absolute atomic E-state index is 0.0509. The summed E-state index contributed by atoms with van der Waals surface area (Å²) in [4.78, 5) is 0. The van der Waals surface area contributed by atoms with Crippen LogP contribution in [0.3, 0.4) is 0 Å². The van der Waals surface area contributed by atoms with E-state index in [4.69, 9.17) is 42.6 Å². The zero-order valence-electron chi connectivity index (χ0n) is 45.7. The Balaban J connectivity index is 0.000000116. The van der Waals surface area contributed by atoms with Crippen molar-refractivity contribution in [2.24, 2.45) is 118 Å². The van der Waals surface area contributed by atoms with Gasteiger partial charge in [0.2, 0.25) is 0 Å². The summed E-state index contributed by atoms with van der Waals surface area (Å²) >= 11 is 0. The first-order valence-electron chi connectivity index (χ1n) is 29.6. The maximum atomic E-state index is 5.87. The van der Waals surface area contributed by atoms with Gasteiger partial charge in [0, 0.05) is 81.7 Å². The smallest absolute Gasteiger partial charge is 0.159 e. The summed E-state index contributed by atoms with van der Waals surface area (Å²) in [5.74, 6) is 19.5. The zero-order chi connectivity index (χ0) is 48.3. The summed E-state index contributed by atoms with van der Waals surface area (Å²) in [6.45, 7) is 7.73. The quantitative estimate of drug-likeness (QED) is 0.118. The van der Waals surface area contributed by atoms with Gasteiger partial charge in [-0.05, 0) is 262 Å². The summed E-state index contributed by atoms with van der Waals surface area (Å²) in [6, 6.07) is 0. The topological polar surface area (TPSA) is 83.1 Å². The second kappa shape index (κ2) is 24.5. The van der Waals surface area contributed by atoms with Gasteiger partial charge in [0.05, 0.1) is 18.3 Å². The summed E-state index contributed by atoms with van der Waals surface area (Å²) in [6.07, 6.45) is 32.1. The van der Waals surface area contributed by atoms with Crippen LogP contribution in [0, 0.1) is 118 Å². The lowest BCUT2D eigenvalue weighted by Crippen LogP contribution is -2.35. The predicted octanol–water partition coefficient (Wildman–Crippen LogP) is 12.7. The van der Waals surface area contributed by atoms with Crippen LogP contribution in [0.25, 0.3) is 0 Å². The van der Waals surface area contributed by atoms with Crippen molar-refractivity contribution < 1.29 is 42.6 Å². The van der Waals surface area contributed by atoms with Gasteiger partial charge in [-0.25, -0.2) is 0 Å². The molecule has 0 aromatic heterocycles. The lowest BCUT2D eigenvalue weighted by molar-refractivity contribution is -0.149. The van der Waals surface area contributed by atoms with Crippen molar-refractivity contribution in [2.45, 2.75) is 199 Å². The molecule has 0 aromatic rings. The molecule has 12 saturated carbocycles. The highest BCUT2D eigenvalue weighted by atomic mass is 16.7. The van der Waals surface area contributed by atoms with E-state index in [0.29, 0.717) is 37.4 Å². The Bertz CT molecular complexity index is 1500. The molecule has 12 aliphatic carbocycles. The lowest BCUT2D eigenvalue weighted by Gasteiger charge is -2.34. The van der Waals surface area contributed by atoms with E-state index in [1.54, 1.807) is 41.3 Å². The zero-order valence-corrected chi connectivity index (χ0v) is 45.7. The first kappa shape index (κ1) is 53.5. The molecule has 0 spiro atoms. The molecule has 69 heavy (non-hydrogen) atoms.